The topological polar surface area (TPSA) is 58.4 Å². The van der Waals surface area contributed by atoms with Crippen LogP contribution in [-0.2, 0) is 6.54 Å². The van der Waals surface area contributed by atoms with Crippen molar-refractivity contribution in [2.45, 2.75) is 25.4 Å². The zero-order valence-electron chi connectivity index (χ0n) is 11.8. The van der Waals surface area contributed by atoms with E-state index in [1.54, 1.807) is 0 Å². The minimum atomic E-state index is -0.0412. The van der Waals surface area contributed by atoms with Gasteiger partial charge in [0.05, 0.1) is 0 Å². The quantitative estimate of drug-likeness (QED) is 0.843. The molecule has 1 aliphatic rings. The van der Waals surface area contributed by atoms with Gasteiger partial charge in [-0.3, -0.25) is 0 Å². The normalized spacial score (nSPS) is 13.7. The third kappa shape index (κ3) is 3.54. The van der Waals surface area contributed by atoms with E-state index in [-0.39, 0.29) is 6.03 Å². The van der Waals surface area contributed by atoms with E-state index < -0.39 is 0 Å². The number of benzene rings is 2. The second-order valence-corrected chi connectivity index (χ2v) is 5.40. The van der Waals surface area contributed by atoms with Gasteiger partial charge in [-0.2, -0.15) is 0 Å². The van der Waals surface area contributed by atoms with Crippen LogP contribution in [0.15, 0.2) is 54.6 Å². The molecule has 4 nitrogen and oxygen atoms in total. The van der Waals surface area contributed by atoms with Gasteiger partial charge in [-0.05, 0) is 42.7 Å². The lowest BCUT2D eigenvalue weighted by atomic mass is 10.2. The Morgan fingerprint density at radius 2 is 1.76 bits per heavy atom. The number of nitrogens with two attached hydrogens (primary N) is 1. The van der Waals surface area contributed by atoms with Gasteiger partial charge in [-0.15, -0.1) is 0 Å². The Morgan fingerprint density at radius 1 is 1.10 bits per heavy atom. The Labute approximate surface area is 124 Å². The molecule has 2 aromatic rings. The van der Waals surface area contributed by atoms with Crippen molar-refractivity contribution in [1.29, 1.82) is 0 Å². The fraction of sp³-hybridized carbons (Fsp3) is 0.235. The number of rotatable bonds is 4. The summed E-state index contributed by atoms with van der Waals surface area (Å²) in [5.74, 6) is 0. The van der Waals surface area contributed by atoms with Gasteiger partial charge in [0.2, 0.25) is 0 Å². The van der Waals surface area contributed by atoms with Crippen LogP contribution in [0.3, 0.4) is 0 Å². The molecular weight excluding hydrogens is 262 g/mol. The average Bonchev–Trinajstić information content (AvgIpc) is 3.32. The van der Waals surface area contributed by atoms with E-state index in [2.05, 4.69) is 5.32 Å². The maximum absolute atomic E-state index is 12.5. The average molecular weight is 281 g/mol. The van der Waals surface area contributed by atoms with Crippen LogP contribution in [0.1, 0.15) is 18.4 Å². The SMILES string of the molecule is Nc1ccc(CN(C(=O)Nc2ccccc2)C2CC2)cc1. The summed E-state index contributed by atoms with van der Waals surface area (Å²) in [7, 11) is 0. The molecule has 0 heterocycles. The molecule has 108 valence electrons. The van der Waals surface area contributed by atoms with Crippen molar-refractivity contribution in [2.75, 3.05) is 11.1 Å². The van der Waals surface area contributed by atoms with E-state index in [4.69, 9.17) is 5.73 Å². The molecule has 1 saturated carbocycles. The molecule has 2 amide bonds. The number of hydrogen-bond acceptors (Lipinski definition) is 2. The summed E-state index contributed by atoms with van der Waals surface area (Å²) in [4.78, 5) is 14.4. The highest BCUT2D eigenvalue weighted by atomic mass is 16.2. The predicted octanol–water partition coefficient (Wildman–Crippen LogP) is 3.47. The number of carbonyl (C=O) groups excluding carboxylic acids is 1. The van der Waals surface area contributed by atoms with Crippen LogP contribution in [0.25, 0.3) is 0 Å². The van der Waals surface area contributed by atoms with Crippen LogP contribution in [0.5, 0.6) is 0 Å². The molecule has 0 radical (unpaired) electrons. The van der Waals surface area contributed by atoms with Gasteiger partial charge in [0.15, 0.2) is 0 Å². The maximum atomic E-state index is 12.5. The summed E-state index contributed by atoms with van der Waals surface area (Å²) in [6.45, 7) is 0.615. The maximum Gasteiger partial charge on any atom is 0.322 e. The third-order valence-corrected chi connectivity index (χ3v) is 3.61. The lowest BCUT2D eigenvalue weighted by Gasteiger charge is -2.23. The van der Waals surface area contributed by atoms with Crippen LogP contribution < -0.4 is 11.1 Å². The largest absolute Gasteiger partial charge is 0.399 e. The van der Waals surface area contributed by atoms with Gasteiger partial charge in [0.25, 0.3) is 0 Å². The highest BCUT2D eigenvalue weighted by molar-refractivity contribution is 5.89. The van der Waals surface area contributed by atoms with Gasteiger partial charge < -0.3 is 16.0 Å². The van der Waals surface area contributed by atoms with Crippen molar-refractivity contribution in [3.63, 3.8) is 0 Å². The highest BCUT2D eigenvalue weighted by Crippen LogP contribution is 2.29. The van der Waals surface area contributed by atoms with Crippen molar-refractivity contribution in [3.8, 4) is 0 Å². The summed E-state index contributed by atoms with van der Waals surface area (Å²) in [5.41, 5.74) is 8.36. The first-order chi connectivity index (χ1) is 10.2. The Kier molecular flexibility index (Phi) is 3.77. The van der Waals surface area contributed by atoms with Crippen LogP contribution in [0, 0.1) is 0 Å². The second kappa shape index (κ2) is 5.87. The van der Waals surface area contributed by atoms with Crippen molar-refractivity contribution in [2.24, 2.45) is 0 Å². The number of nitrogen functional groups attached to an aromatic ring is 1. The van der Waals surface area contributed by atoms with E-state index >= 15 is 0 Å². The predicted molar refractivity (Wildman–Crippen MR) is 84.9 cm³/mol. The number of nitrogens with one attached hydrogen (secondary N) is 1. The molecule has 1 aliphatic carbocycles. The third-order valence-electron chi connectivity index (χ3n) is 3.61. The standard InChI is InChI=1S/C17H19N3O/c18-14-8-6-13(7-9-14)12-20(16-10-11-16)17(21)19-15-4-2-1-3-5-15/h1-9,16H,10-12,18H2,(H,19,21). The molecule has 4 heteroatoms. The molecule has 2 aromatic carbocycles. The molecule has 0 spiro atoms. The fourth-order valence-corrected chi connectivity index (χ4v) is 2.29. The molecule has 1 fully saturated rings. The molecular formula is C17H19N3O. The van der Waals surface area contributed by atoms with Crippen molar-refractivity contribution >= 4 is 17.4 Å². The van der Waals surface area contributed by atoms with Crippen LogP contribution in [0.4, 0.5) is 16.2 Å². The van der Waals surface area contributed by atoms with Gasteiger partial charge in [0.1, 0.15) is 0 Å². The van der Waals surface area contributed by atoms with Crippen LogP contribution in [-0.4, -0.2) is 17.0 Å². The molecule has 0 unspecified atom stereocenters. The number of hydrogen-bond donors (Lipinski definition) is 2. The van der Waals surface area contributed by atoms with E-state index in [9.17, 15) is 4.79 Å². The molecule has 0 atom stereocenters. The number of para-hydroxylation sites is 1. The molecule has 0 saturated heterocycles. The first kappa shape index (κ1) is 13.5. The Hall–Kier alpha value is -2.49. The summed E-state index contributed by atoms with van der Waals surface area (Å²) in [6, 6.07) is 17.5. The minimum Gasteiger partial charge on any atom is -0.399 e. The molecule has 21 heavy (non-hydrogen) atoms. The van der Waals surface area contributed by atoms with Gasteiger partial charge in [0, 0.05) is 24.0 Å². The molecule has 3 rings (SSSR count). The number of carbonyl (C=O) groups is 1. The highest BCUT2D eigenvalue weighted by Gasteiger charge is 2.32. The van der Waals surface area contributed by atoms with Crippen LogP contribution >= 0.6 is 0 Å². The minimum absolute atomic E-state index is 0.0412. The Morgan fingerprint density at radius 3 is 2.38 bits per heavy atom. The van der Waals surface area contributed by atoms with Crippen molar-refractivity contribution < 1.29 is 4.79 Å². The van der Waals surface area contributed by atoms with Gasteiger partial charge in [-0.1, -0.05) is 30.3 Å². The summed E-state index contributed by atoms with van der Waals surface area (Å²) < 4.78 is 0. The van der Waals surface area contributed by atoms with Gasteiger partial charge in [-0.25, -0.2) is 4.79 Å². The lowest BCUT2D eigenvalue weighted by molar-refractivity contribution is 0.206. The van der Waals surface area contributed by atoms with E-state index in [1.807, 2.05) is 59.5 Å². The first-order valence-corrected chi connectivity index (χ1v) is 7.19. The fourth-order valence-electron chi connectivity index (χ4n) is 2.29. The smallest absolute Gasteiger partial charge is 0.322 e. The Balaban J connectivity index is 1.69. The van der Waals surface area contributed by atoms with E-state index in [0.29, 0.717) is 12.6 Å². The lowest BCUT2D eigenvalue weighted by Crippen LogP contribution is -2.36. The molecule has 0 aliphatic heterocycles. The van der Waals surface area contributed by atoms with Crippen LogP contribution in [0.2, 0.25) is 0 Å². The monoisotopic (exact) mass is 281 g/mol. The number of anilines is 2. The van der Waals surface area contributed by atoms with Crippen molar-refractivity contribution in [1.82, 2.24) is 4.90 Å². The molecule has 0 bridgehead atoms. The summed E-state index contributed by atoms with van der Waals surface area (Å²) in [6.07, 6.45) is 2.16. The first-order valence-electron chi connectivity index (χ1n) is 7.19. The number of urea groups is 1. The summed E-state index contributed by atoms with van der Waals surface area (Å²) >= 11 is 0. The second-order valence-electron chi connectivity index (χ2n) is 5.40. The summed E-state index contributed by atoms with van der Waals surface area (Å²) in [5, 5.41) is 2.96. The number of amides is 2. The Bertz CT molecular complexity index is 606. The zero-order chi connectivity index (χ0) is 14.7. The molecule has 3 N–H and O–H groups in total. The van der Waals surface area contributed by atoms with E-state index in [0.717, 1.165) is 29.8 Å². The van der Waals surface area contributed by atoms with Gasteiger partial charge >= 0.3 is 6.03 Å². The number of nitrogens with zero attached hydrogens (tertiary/aromatic N) is 1. The zero-order valence-corrected chi connectivity index (χ0v) is 11.8. The molecule has 0 aromatic heterocycles. The van der Waals surface area contributed by atoms with Crippen molar-refractivity contribution in [3.05, 3.63) is 60.2 Å². The van der Waals surface area contributed by atoms with E-state index in [1.165, 1.54) is 0 Å².